The van der Waals surface area contributed by atoms with Gasteiger partial charge in [0.05, 0.1) is 0 Å². The zero-order chi connectivity index (χ0) is 16.0. The van der Waals surface area contributed by atoms with E-state index in [0.717, 1.165) is 43.7 Å². The van der Waals surface area contributed by atoms with Gasteiger partial charge in [-0.25, -0.2) is 0 Å². The predicted octanol–water partition coefficient (Wildman–Crippen LogP) is 2.22. The van der Waals surface area contributed by atoms with Crippen LogP contribution in [0.15, 0.2) is 24.3 Å². The summed E-state index contributed by atoms with van der Waals surface area (Å²) in [5, 5.41) is 19.7. The Morgan fingerprint density at radius 3 is 2.55 bits per heavy atom. The number of hydrogen-bond donors (Lipinski definition) is 2. The van der Waals surface area contributed by atoms with E-state index in [1.807, 2.05) is 31.2 Å². The number of aliphatic hydroxyl groups excluding tert-OH is 2. The average molecular weight is 307 g/mol. The topological polar surface area (TPSA) is 52.9 Å². The highest BCUT2D eigenvalue weighted by atomic mass is 16.5. The van der Waals surface area contributed by atoms with Crippen LogP contribution < -0.4 is 4.74 Å². The largest absolute Gasteiger partial charge is 0.491 e. The van der Waals surface area contributed by atoms with Crippen LogP contribution in [0.25, 0.3) is 0 Å². The third-order valence-electron chi connectivity index (χ3n) is 5.00. The molecule has 1 aromatic rings. The Balaban J connectivity index is 1.74. The van der Waals surface area contributed by atoms with Crippen molar-refractivity contribution >= 4 is 0 Å². The van der Waals surface area contributed by atoms with Crippen molar-refractivity contribution in [1.82, 2.24) is 4.90 Å². The van der Waals surface area contributed by atoms with Gasteiger partial charge in [-0.05, 0) is 56.3 Å². The molecule has 0 amide bonds. The van der Waals surface area contributed by atoms with Gasteiger partial charge in [-0.3, -0.25) is 0 Å². The second-order valence-electron chi connectivity index (χ2n) is 6.54. The van der Waals surface area contributed by atoms with Crippen LogP contribution in [0.2, 0.25) is 0 Å². The van der Waals surface area contributed by atoms with Crippen molar-refractivity contribution in [3.05, 3.63) is 29.8 Å². The van der Waals surface area contributed by atoms with Crippen LogP contribution in [0.4, 0.5) is 0 Å². The van der Waals surface area contributed by atoms with Crippen LogP contribution in [-0.2, 0) is 0 Å². The molecule has 0 radical (unpaired) electrons. The first kappa shape index (κ1) is 17.3. The van der Waals surface area contributed by atoms with Gasteiger partial charge in [0, 0.05) is 13.2 Å². The molecule has 2 rings (SSSR count). The van der Waals surface area contributed by atoms with E-state index in [0.29, 0.717) is 13.2 Å². The maximum Gasteiger partial charge on any atom is 0.122 e. The molecule has 1 fully saturated rings. The van der Waals surface area contributed by atoms with Gasteiger partial charge in [-0.2, -0.15) is 0 Å². The number of piperidine rings is 1. The van der Waals surface area contributed by atoms with E-state index >= 15 is 0 Å². The monoisotopic (exact) mass is 307 g/mol. The fourth-order valence-corrected chi connectivity index (χ4v) is 3.09. The van der Waals surface area contributed by atoms with Crippen molar-refractivity contribution in [1.29, 1.82) is 0 Å². The van der Waals surface area contributed by atoms with Crippen molar-refractivity contribution in [3.8, 4) is 5.75 Å². The Labute approximate surface area is 133 Å². The van der Waals surface area contributed by atoms with Crippen LogP contribution in [0.3, 0.4) is 0 Å². The fraction of sp³-hybridized carbons (Fsp3) is 0.667. The number of likely N-dealkylation sites (tertiary alicyclic amines) is 1. The first-order valence-corrected chi connectivity index (χ1v) is 8.28. The molecule has 2 N–H and O–H groups in total. The van der Waals surface area contributed by atoms with Crippen LogP contribution in [0.5, 0.6) is 5.75 Å². The van der Waals surface area contributed by atoms with Crippen molar-refractivity contribution in [2.24, 2.45) is 5.41 Å². The molecule has 1 saturated heterocycles. The Morgan fingerprint density at radius 2 is 1.95 bits per heavy atom. The van der Waals surface area contributed by atoms with Gasteiger partial charge in [-0.15, -0.1) is 0 Å². The van der Waals surface area contributed by atoms with Gasteiger partial charge in [0.2, 0.25) is 0 Å². The van der Waals surface area contributed by atoms with Crippen LogP contribution >= 0.6 is 0 Å². The summed E-state index contributed by atoms with van der Waals surface area (Å²) in [4.78, 5) is 2.27. The van der Waals surface area contributed by atoms with Gasteiger partial charge in [-0.1, -0.05) is 25.1 Å². The summed E-state index contributed by atoms with van der Waals surface area (Å²) in [5.41, 5.74) is 1.18. The quantitative estimate of drug-likeness (QED) is 0.811. The van der Waals surface area contributed by atoms with E-state index in [-0.39, 0.29) is 12.0 Å². The first-order valence-electron chi connectivity index (χ1n) is 8.28. The Kier molecular flexibility index (Phi) is 6.24. The molecule has 124 valence electrons. The molecular weight excluding hydrogens is 278 g/mol. The molecule has 1 unspecified atom stereocenters. The highest BCUT2D eigenvalue weighted by molar-refractivity contribution is 5.31. The summed E-state index contributed by atoms with van der Waals surface area (Å²) in [6, 6.07) is 7.86. The zero-order valence-corrected chi connectivity index (χ0v) is 13.8. The molecule has 0 saturated carbocycles. The minimum absolute atomic E-state index is 0.0963. The molecule has 1 atom stereocenters. The minimum atomic E-state index is -0.483. The van der Waals surface area contributed by atoms with E-state index in [4.69, 9.17) is 4.74 Å². The van der Waals surface area contributed by atoms with Crippen LogP contribution in [-0.4, -0.2) is 54.1 Å². The standard InChI is InChI=1S/C18H29NO3/c1-3-18(14-20)8-10-19(11-9-18)12-16(21)13-22-17-7-5-4-6-15(17)2/h4-7,16,20-21H,3,8-14H2,1-2H3. The average Bonchev–Trinajstić information content (AvgIpc) is 2.55. The van der Waals surface area contributed by atoms with E-state index in [1.54, 1.807) is 0 Å². The SMILES string of the molecule is CCC1(CO)CCN(CC(O)COc2ccccc2C)CC1. The van der Waals surface area contributed by atoms with Gasteiger partial charge >= 0.3 is 0 Å². The molecule has 0 aromatic heterocycles. The predicted molar refractivity (Wildman–Crippen MR) is 88.2 cm³/mol. The Morgan fingerprint density at radius 1 is 1.27 bits per heavy atom. The summed E-state index contributed by atoms with van der Waals surface area (Å²) in [6.07, 6.45) is 2.55. The number of aliphatic hydroxyl groups is 2. The molecular formula is C18H29NO3. The highest BCUT2D eigenvalue weighted by Crippen LogP contribution is 2.34. The summed E-state index contributed by atoms with van der Waals surface area (Å²) >= 11 is 0. The summed E-state index contributed by atoms with van der Waals surface area (Å²) in [5.74, 6) is 0.838. The number of nitrogens with zero attached hydrogens (tertiary/aromatic N) is 1. The van der Waals surface area contributed by atoms with Crippen LogP contribution in [0.1, 0.15) is 31.7 Å². The van der Waals surface area contributed by atoms with Gasteiger partial charge < -0.3 is 19.8 Å². The van der Waals surface area contributed by atoms with Crippen molar-refractivity contribution in [2.45, 2.75) is 39.2 Å². The van der Waals surface area contributed by atoms with Gasteiger partial charge in [0.15, 0.2) is 0 Å². The molecule has 1 heterocycles. The van der Waals surface area contributed by atoms with Crippen molar-refractivity contribution < 1.29 is 14.9 Å². The number of para-hydroxylation sites is 1. The van der Waals surface area contributed by atoms with Crippen LogP contribution in [0, 0.1) is 12.3 Å². The number of rotatable bonds is 7. The van der Waals surface area contributed by atoms with E-state index < -0.39 is 6.10 Å². The van der Waals surface area contributed by atoms with Gasteiger partial charge in [0.25, 0.3) is 0 Å². The number of β-amino-alcohol motifs (C(OH)–C–C–N with tert-alkyl or cyclic N) is 1. The number of hydrogen-bond acceptors (Lipinski definition) is 4. The Hall–Kier alpha value is -1.10. The zero-order valence-electron chi connectivity index (χ0n) is 13.8. The first-order chi connectivity index (χ1) is 10.6. The lowest BCUT2D eigenvalue weighted by Crippen LogP contribution is -2.45. The van der Waals surface area contributed by atoms with E-state index in [2.05, 4.69) is 11.8 Å². The minimum Gasteiger partial charge on any atom is -0.491 e. The summed E-state index contributed by atoms with van der Waals surface area (Å²) < 4.78 is 5.71. The lowest BCUT2D eigenvalue weighted by atomic mass is 9.77. The summed E-state index contributed by atoms with van der Waals surface area (Å²) in [6.45, 7) is 7.27. The van der Waals surface area contributed by atoms with Crippen molar-refractivity contribution in [3.63, 3.8) is 0 Å². The number of ether oxygens (including phenoxy) is 1. The van der Waals surface area contributed by atoms with Gasteiger partial charge in [0.1, 0.15) is 18.5 Å². The Bertz CT molecular complexity index is 449. The third kappa shape index (κ3) is 4.45. The molecule has 0 spiro atoms. The maximum absolute atomic E-state index is 10.2. The molecule has 0 aliphatic carbocycles. The maximum atomic E-state index is 10.2. The molecule has 4 nitrogen and oxygen atoms in total. The molecule has 1 aromatic carbocycles. The smallest absolute Gasteiger partial charge is 0.122 e. The number of benzene rings is 1. The van der Waals surface area contributed by atoms with E-state index in [1.165, 1.54) is 0 Å². The van der Waals surface area contributed by atoms with E-state index in [9.17, 15) is 10.2 Å². The normalized spacial score (nSPS) is 19.8. The van der Waals surface area contributed by atoms with Crippen molar-refractivity contribution in [2.75, 3.05) is 32.8 Å². The molecule has 1 aliphatic heterocycles. The summed E-state index contributed by atoms with van der Waals surface area (Å²) in [7, 11) is 0. The third-order valence-corrected chi connectivity index (χ3v) is 5.00. The number of aryl methyl sites for hydroxylation is 1. The lowest BCUT2D eigenvalue weighted by molar-refractivity contribution is 0.0120. The molecule has 22 heavy (non-hydrogen) atoms. The molecule has 0 bridgehead atoms. The fourth-order valence-electron chi connectivity index (χ4n) is 3.09. The highest BCUT2D eigenvalue weighted by Gasteiger charge is 2.32. The lowest BCUT2D eigenvalue weighted by Gasteiger charge is -2.40. The molecule has 4 heteroatoms. The molecule has 1 aliphatic rings. The second kappa shape index (κ2) is 7.95. The second-order valence-corrected chi connectivity index (χ2v) is 6.54.